The van der Waals surface area contributed by atoms with Gasteiger partial charge in [0.25, 0.3) is 0 Å². The van der Waals surface area contributed by atoms with E-state index in [1.54, 1.807) is 9.80 Å². The molecule has 1 aromatic heterocycles. The van der Waals surface area contributed by atoms with Crippen LogP contribution in [0.4, 0.5) is 13.2 Å². The molecule has 2 aliphatic rings. The number of imidazole rings is 1. The minimum absolute atomic E-state index is 0.00981. The molecule has 1 atom stereocenters. The van der Waals surface area contributed by atoms with E-state index >= 15 is 0 Å². The van der Waals surface area contributed by atoms with Crippen LogP contribution < -0.4 is 0 Å². The number of rotatable bonds is 6. The van der Waals surface area contributed by atoms with Crippen LogP contribution in [0.5, 0.6) is 0 Å². The van der Waals surface area contributed by atoms with Crippen molar-refractivity contribution in [2.75, 3.05) is 33.3 Å². The maximum Gasteiger partial charge on any atom is 0.416 e. The average molecular weight is 515 g/mol. The van der Waals surface area contributed by atoms with Gasteiger partial charge >= 0.3 is 6.18 Å². The predicted octanol–water partition coefficient (Wildman–Crippen LogP) is 4.38. The third-order valence-corrected chi connectivity index (χ3v) is 7.36. The molecule has 0 bridgehead atoms. The Labute approximate surface area is 212 Å². The summed E-state index contributed by atoms with van der Waals surface area (Å²) in [7, 11) is 1.52. The molecule has 1 unspecified atom stereocenters. The van der Waals surface area contributed by atoms with Crippen LogP contribution in [0.15, 0.2) is 48.5 Å². The number of amides is 2. The zero-order valence-corrected chi connectivity index (χ0v) is 20.6. The second-order valence-electron chi connectivity index (χ2n) is 9.73. The Bertz CT molecular complexity index is 1280. The van der Waals surface area contributed by atoms with Crippen LogP contribution in [0.25, 0.3) is 11.0 Å². The van der Waals surface area contributed by atoms with Crippen molar-refractivity contribution in [3.63, 3.8) is 0 Å². The maximum atomic E-state index is 13.2. The van der Waals surface area contributed by atoms with Gasteiger partial charge in [-0.2, -0.15) is 13.2 Å². The zero-order valence-electron chi connectivity index (χ0n) is 20.6. The molecule has 0 radical (unpaired) electrons. The van der Waals surface area contributed by atoms with Gasteiger partial charge in [-0.3, -0.25) is 9.59 Å². The first-order valence-corrected chi connectivity index (χ1v) is 12.4. The Kier molecular flexibility index (Phi) is 6.94. The van der Waals surface area contributed by atoms with Crippen molar-refractivity contribution in [3.05, 3.63) is 65.5 Å². The van der Waals surface area contributed by atoms with Crippen LogP contribution in [0.3, 0.4) is 0 Å². The molecule has 0 saturated carbocycles. The first-order chi connectivity index (χ1) is 17.7. The highest BCUT2D eigenvalue weighted by Gasteiger charge is 2.35. The van der Waals surface area contributed by atoms with E-state index in [1.807, 2.05) is 34.9 Å². The number of alkyl halides is 3. The lowest BCUT2D eigenvalue weighted by molar-refractivity contribution is -0.139. The number of piperidine rings is 1. The van der Waals surface area contributed by atoms with Crippen molar-refractivity contribution < 1.29 is 27.5 Å². The molecular formula is C27H29F3N4O3. The highest BCUT2D eigenvalue weighted by Crippen LogP contribution is 2.34. The minimum atomic E-state index is -4.44. The minimum Gasteiger partial charge on any atom is -0.377 e. The number of likely N-dealkylation sites (tertiary alicyclic amines) is 2. The zero-order chi connectivity index (χ0) is 26.2. The van der Waals surface area contributed by atoms with E-state index in [-0.39, 0.29) is 42.4 Å². The lowest BCUT2D eigenvalue weighted by atomic mass is 9.99. The summed E-state index contributed by atoms with van der Waals surface area (Å²) in [5.41, 5.74) is 1.27. The predicted molar refractivity (Wildman–Crippen MR) is 131 cm³/mol. The largest absolute Gasteiger partial charge is 0.416 e. The molecule has 5 rings (SSSR count). The summed E-state index contributed by atoms with van der Waals surface area (Å²) in [5, 5.41) is 0. The Balaban J connectivity index is 1.25. The summed E-state index contributed by atoms with van der Waals surface area (Å²) in [6.07, 6.45) is -2.76. The molecule has 2 fully saturated rings. The van der Waals surface area contributed by atoms with Crippen LogP contribution >= 0.6 is 0 Å². The molecule has 2 aliphatic heterocycles. The summed E-state index contributed by atoms with van der Waals surface area (Å²) < 4.78 is 46.8. The smallest absolute Gasteiger partial charge is 0.377 e. The average Bonchev–Trinajstić information content (AvgIpc) is 3.43. The van der Waals surface area contributed by atoms with Gasteiger partial charge in [0.05, 0.1) is 23.1 Å². The van der Waals surface area contributed by atoms with Gasteiger partial charge in [0.1, 0.15) is 12.4 Å². The fourth-order valence-corrected chi connectivity index (χ4v) is 5.47. The van der Waals surface area contributed by atoms with Crippen molar-refractivity contribution in [3.8, 4) is 0 Å². The van der Waals surface area contributed by atoms with E-state index in [1.165, 1.54) is 13.2 Å². The number of benzene rings is 2. The third kappa shape index (κ3) is 5.20. The molecule has 2 saturated heterocycles. The van der Waals surface area contributed by atoms with Gasteiger partial charge in [0.2, 0.25) is 11.8 Å². The first kappa shape index (κ1) is 25.3. The number of ether oxygens (including phenoxy) is 1. The molecule has 2 aromatic carbocycles. The second-order valence-corrected chi connectivity index (χ2v) is 9.73. The van der Waals surface area contributed by atoms with Crippen molar-refractivity contribution in [1.29, 1.82) is 0 Å². The van der Waals surface area contributed by atoms with Crippen molar-refractivity contribution in [2.24, 2.45) is 0 Å². The van der Waals surface area contributed by atoms with Crippen LogP contribution in [0, 0.1) is 0 Å². The molecule has 0 aliphatic carbocycles. The third-order valence-electron chi connectivity index (χ3n) is 7.36. The molecule has 10 heteroatoms. The fraction of sp³-hybridized carbons (Fsp3) is 0.444. The topological polar surface area (TPSA) is 67.7 Å². The number of hydrogen-bond acceptors (Lipinski definition) is 4. The molecule has 3 aromatic rings. The van der Waals surface area contributed by atoms with Gasteiger partial charge < -0.3 is 19.1 Å². The Morgan fingerprint density at radius 3 is 2.51 bits per heavy atom. The van der Waals surface area contributed by atoms with Crippen molar-refractivity contribution >= 4 is 22.8 Å². The Morgan fingerprint density at radius 1 is 1.11 bits per heavy atom. The summed E-state index contributed by atoms with van der Waals surface area (Å²) in [6, 6.07) is 13.4. The van der Waals surface area contributed by atoms with Crippen molar-refractivity contribution in [1.82, 2.24) is 19.4 Å². The quantitative estimate of drug-likeness (QED) is 0.490. The molecular weight excluding hydrogens is 485 g/mol. The number of hydrogen-bond donors (Lipinski definition) is 0. The van der Waals surface area contributed by atoms with Gasteiger partial charge in [-0.05, 0) is 36.6 Å². The number of halogens is 3. The van der Waals surface area contributed by atoms with E-state index in [4.69, 9.17) is 4.74 Å². The maximum absolute atomic E-state index is 13.2. The standard InChI is InChI=1S/C27H29F3N4O3/c1-37-17-24-31-22-14-20(27(28,29)30)7-8-23(22)34(24)21-9-11-32(12-10-21)26(36)16-33-15-19(13-25(33)35)18-5-3-2-4-6-18/h2-8,14,19,21H,9-13,15-17H2,1H3. The molecule has 7 nitrogen and oxygen atoms in total. The van der Waals surface area contributed by atoms with Crippen LogP contribution in [0.1, 0.15) is 48.2 Å². The van der Waals surface area contributed by atoms with E-state index < -0.39 is 11.7 Å². The monoisotopic (exact) mass is 514 g/mol. The second kappa shape index (κ2) is 10.2. The Morgan fingerprint density at radius 2 is 1.84 bits per heavy atom. The van der Waals surface area contributed by atoms with Crippen LogP contribution in [0.2, 0.25) is 0 Å². The first-order valence-electron chi connectivity index (χ1n) is 12.4. The number of nitrogens with zero attached hydrogens (tertiary/aromatic N) is 4. The lowest BCUT2D eigenvalue weighted by Gasteiger charge is -2.34. The SMILES string of the molecule is COCc1nc2cc(C(F)(F)F)ccc2n1C1CCN(C(=O)CN2CC(c3ccccc3)CC2=O)CC1. The Hall–Kier alpha value is -3.40. The molecule has 37 heavy (non-hydrogen) atoms. The normalized spacial score (nSPS) is 19.2. The van der Waals surface area contributed by atoms with Crippen molar-refractivity contribution in [2.45, 2.75) is 44.0 Å². The summed E-state index contributed by atoms with van der Waals surface area (Å²) in [6.45, 7) is 1.78. The summed E-state index contributed by atoms with van der Waals surface area (Å²) in [4.78, 5) is 33.4. The number of fused-ring (bicyclic) bond motifs is 1. The molecule has 3 heterocycles. The number of carbonyl (C=O) groups is 2. The highest BCUT2D eigenvalue weighted by molar-refractivity contribution is 5.86. The van der Waals surface area contributed by atoms with Gasteiger partial charge in [-0.25, -0.2) is 4.98 Å². The van der Waals surface area contributed by atoms with E-state index in [2.05, 4.69) is 4.98 Å². The molecule has 0 spiro atoms. The number of aromatic nitrogens is 2. The fourth-order valence-electron chi connectivity index (χ4n) is 5.47. The van der Waals surface area contributed by atoms with Gasteiger partial charge in [0.15, 0.2) is 0 Å². The number of methoxy groups -OCH3 is 1. The molecule has 2 amide bonds. The van der Waals surface area contributed by atoms with E-state index in [0.29, 0.717) is 50.2 Å². The summed E-state index contributed by atoms with van der Waals surface area (Å²) in [5.74, 6) is 0.572. The van der Waals surface area contributed by atoms with Crippen LogP contribution in [-0.2, 0) is 27.1 Å². The highest BCUT2D eigenvalue weighted by atomic mass is 19.4. The molecule has 196 valence electrons. The lowest BCUT2D eigenvalue weighted by Crippen LogP contribution is -2.45. The van der Waals surface area contributed by atoms with E-state index in [0.717, 1.165) is 17.7 Å². The van der Waals surface area contributed by atoms with Gasteiger partial charge in [-0.1, -0.05) is 30.3 Å². The van der Waals surface area contributed by atoms with E-state index in [9.17, 15) is 22.8 Å². The number of carbonyl (C=O) groups excluding carboxylic acids is 2. The summed E-state index contributed by atoms with van der Waals surface area (Å²) >= 11 is 0. The molecule has 0 N–H and O–H groups in total. The van der Waals surface area contributed by atoms with Gasteiger partial charge in [0, 0.05) is 45.1 Å². The van der Waals surface area contributed by atoms with Gasteiger partial charge in [-0.15, -0.1) is 0 Å². The van der Waals surface area contributed by atoms with Crippen LogP contribution in [-0.4, -0.2) is 64.5 Å².